The van der Waals surface area contributed by atoms with Crippen molar-refractivity contribution in [2.45, 2.75) is 6.04 Å². The molecule has 2 rings (SSSR count). The molecule has 0 bridgehead atoms. The zero-order valence-electron chi connectivity index (χ0n) is 11.6. The standard InChI is InChI=1S/C12H20BrN5O/c1-16-4-5-17(2)9(8-16)6-14-10-7-15-18(3)12(19)11(10)13/h7,9,14H,4-6,8H2,1-3H3. The SMILES string of the molecule is CN1CCN(C)C(CNc2cnn(C)c(=O)c2Br)C1. The van der Waals surface area contributed by atoms with Crippen LogP contribution in [0.3, 0.4) is 0 Å². The maximum atomic E-state index is 11.8. The first kappa shape index (κ1) is 14.5. The van der Waals surface area contributed by atoms with E-state index in [0.29, 0.717) is 10.5 Å². The fourth-order valence-electron chi connectivity index (χ4n) is 2.18. The van der Waals surface area contributed by atoms with Crippen molar-refractivity contribution in [3.05, 3.63) is 21.0 Å². The third kappa shape index (κ3) is 3.34. The van der Waals surface area contributed by atoms with Crippen molar-refractivity contribution in [3.63, 3.8) is 0 Å². The van der Waals surface area contributed by atoms with E-state index in [1.165, 1.54) is 4.68 Å². The van der Waals surface area contributed by atoms with Crippen molar-refractivity contribution in [1.82, 2.24) is 19.6 Å². The Labute approximate surface area is 121 Å². The maximum absolute atomic E-state index is 11.8. The molecule has 1 aliphatic heterocycles. The van der Waals surface area contributed by atoms with Crippen LogP contribution < -0.4 is 10.9 Å². The third-order valence-corrected chi connectivity index (χ3v) is 4.35. The summed E-state index contributed by atoms with van der Waals surface area (Å²) in [4.78, 5) is 16.4. The van der Waals surface area contributed by atoms with Crippen molar-refractivity contribution in [3.8, 4) is 0 Å². The molecule has 0 spiro atoms. The molecule has 1 atom stereocenters. The minimum atomic E-state index is -0.126. The zero-order valence-corrected chi connectivity index (χ0v) is 13.1. The van der Waals surface area contributed by atoms with Gasteiger partial charge < -0.3 is 10.2 Å². The van der Waals surface area contributed by atoms with Gasteiger partial charge in [-0.15, -0.1) is 0 Å². The molecule has 7 heteroatoms. The Hall–Kier alpha value is -0.920. The van der Waals surface area contributed by atoms with Crippen LogP contribution in [-0.2, 0) is 7.05 Å². The molecule has 0 radical (unpaired) electrons. The topological polar surface area (TPSA) is 53.4 Å². The van der Waals surface area contributed by atoms with Crippen LogP contribution in [0, 0.1) is 0 Å². The van der Waals surface area contributed by atoms with Gasteiger partial charge in [0.2, 0.25) is 0 Å². The van der Waals surface area contributed by atoms with E-state index in [9.17, 15) is 4.79 Å². The summed E-state index contributed by atoms with van der Waals surface area (Å²) in [5.41, 5.74) is 0.629. The van der Waals surface area contributed by atoms with Gasteiger partial charge in [0.25, 0.3) is 5.56 Å². The lowest BCUT2D eigenvalue weighted by atomic mass is 10.2. The summed E-state index contributed by atoms with van der Waals surface area (Å²) >= 11 is 3.32. The number of aryl methyl sites for hydroxylation is 1. The highest BCUT2D eigenvalue weighted by atomic mass is 79.9. The lowest BCUT2D eigenvalue weighted by Crippen LogP contribution is -2.52. The second-order valence-electron chi connectivity index (χ2n) is 5.08. The summed E-state index contributed by atoms with van der Waals surface area (Å²) in [6, 6.07) is 0.440. The van der Waals surface area contributed by atoms with Gasteiger partial charge in [0.05, 0.1) is 11.9 Å². The minimum absolute atomic E-state index is 0.126. The van der Waals surface area contributed by atoms with Gasteiger partial charge in [0, 0.05) is 39.3 Å². The highest BCUT2D eigenvalue weighted by molar-refractivity contribution is 9.10. The molecule has 19 heavy (non-hydrogen) atoms. The molecule has 1 aliphatic rings. The monoisotopic (exact) mass is 329 g/mol. The minimum Gasteiger partial charge on any atom is -0.381 e. The van der Waals surface area contributed by atoms with Crippen molar-refractivity contribution in [2.24, 2.45) is 7.05 Å². The van der Waals surface area contributed by atoms with Crippen molar-refractivity contribution in [1.29, 1.82) is 0 Å². The van der Waals surface area contributed by atoms with E-state index in [2.05, 4.69) is 50.2 Å². The molecule has 106 valence electrons. The summed E-state index contributed by atoms with van der Waals surface area (Å²) in [5.74, 6) is 0. The summed E-state index contributed by atoms with van der Waals surface area (Å²) in [5, 5.41) is 7.34. The molecular weight excluding hydrogens is 310 g/mol. The Morgan fingerprint density at radius 1 is 1.42 bits per heavy atom. The summed E-state index contributed by atoms with van der Waals surface area (Å²) in [6.45, 7) is 4.00. The van der Waals surface area contributed by atoms with Gasteiger partial charge in [-0.2, -0.15) is 5.10 Å². The predicted octanol–water partition coefficient (Wildman–Crippen LogP) is 0.200. The summed E-state index contributed by atoms with van der Waals surface area (Å²) in [6.07, 6.45) is 1.68. The number of halogens is 1. The van der Waals surface area contributed by atoms with E-state index >= 15 is 0 Å². The number of nitrogens with zero attached hydrogens (tertiary/aromatic N) is 4. The first-order valence-electron chi connectivity index (χ1n) is 6.33. The quantitative estimate of drug-likeness (QED) is 0.858. The Morgan fingerprint density at radius 3 is 2.89 bits per heavy atom. The molecule has 1 aromatic rings. The van der Waals surface area contributed by atoms with Crippen LogP contribution in [0.25, 0.3) is 0 Å². The van der Waals surface area contributed by atoms with E-state index < -0.39 is 0 Å². The number of anilines is 1. The van der Waals surface area contributed by atoms with Crippen LogP contribution in [0.4, 0.5) is 5.69 Å². The molecule has 1 unspecified atom stereocenters. The summed E-state index contributed by atoms with van der Waals surface area (Å²) in [7, 11) is 5.91. The Kier molecular flexibility index (Phi) is 4.59. The van der Waals surface area contributed by atoms with Crippen molar-refractivity contribution in [2.75, 3.05) is 45.6 Å². The molecule has 0 aliphatic carbocycles. The second-order valence-corrected chi connectivity index (χ2v) is 5.87. The van der Waals surface area contributed by atoms with Crippen LogP contribution in [0.1, 0.15) is 0 Å². The van der Waals surface area contributed by atoms with E-state index in [-0.39, 0.29) is 5.56 Å². The maximum Gasteiger partial charge on any atom is 0.282 e. The Bertz CT molecular complexity index is 503. The van der Waals surface area contributed by atoms with Gasteiger partial charge in [0.15, 0.2) is 0 Å². The number of aromatic nitrogens is 2. The molecular formula is C12H20BrN5O. The lowest BCUT2D eigenvalue weighted by Gasteiger charge is -2.37. The zero-order chi connectivity index (χ0) is 14.0. The van der Waals surface area contributed by atoms with Gasteiger partial charge in [0.1, 0.15) is 4.47 Å². The van der Waals surface area contributed by atoms with Crippen LogP contribution in [0.2, 0.25) is 0 Å². The molecule has 1 aromatic heterocycles. The van der Waals surface area contributed by atoms with Gasteiger partial charge >= 0.3 is 0 Å². The van der Waals surface area contributed by atoms with Crippen LogP contribution >= 0.6 is 15.9 Å². The smallest absolute Gasteiger partial charge is 0.282 e. The third-order valence-electron chi connectivity index (χ3n) is 3.59. The Balaban J connectivity index is 2.02. The van der Waals surface area contributed by atoms with E-state index in [0.717, 1.165) is 31.9 Å². The number of nitrogens with one attached hydrogen (secondary N) is 1. The largest absolute Gasteiger partial charge is 0.381 e. The van der Waals surface area contributed by atoms with Crippen LogP contribution in [0.5, 0.6) is 0 Å². The lowest BCUT2D eigenvalue weighted by molar-refractivity contribution is 0.122. The van der Waals surface area contributed by atoms with Gasteiger partial charge in [-0.1, -0.05) is 0 Å². The molecule has 0 aromatic carbocycles. The first-order valence-corrected chi connectivity index (χ1v) is 7.13. The normalized spacial score (nSPS) is 21.6. The number of hydrogen-bond donors (Lipinski definition) is 1. The fraction of sp³-hybridized carbons (Fsp3) is 0.667. The molecule has 2 heterocycles. The van der Waals surface area contributed by atoms with E-state index in [1.807, 2.05) is 0 Å². The number of rotatable bonds is 3. The van der Waals surface area contributed by atoms with Gasteiger partial charge in [-0.05, 0) is 30.0 Å². The highest BCUT2D eigenvalue weighted by Crippen LogP contribution is 2.16. The van der Waals surface area contributed by atoms with Crippen molar-refractivity contribution >= 4 is 21.6 Å². The molecule has 0 amide bonds. The number of likely N-dealkylation sites (N-methyl/N-ethyl adjacent to an activating group) is 2. The first-order chi connectivity index (χ1) is 8.99. The molecule has 1 fully saturated rings. The second kappa shape index (κ2) is 6.02. The van der Waals surface area contributed by atoms with Gasteiger partial charge in [-0.3, -0.25) is 9.69 Å². The number of piperazine rings is 1. The van der Waals surface area contributed by atoms with Crippen molar-refractivity contribution < 1.29 is 0 Å². The molecule has 1 saturated heterocycles. The molecule has 6 nitrogen and oxygen atoms in total. The van der Waals surface area contributed by atoms with E-state index in [4.69, 9.17) is 0 Å². The van der Waals surface area contributed by atoms with Gasteiger partial charge in [-0.25, -0.2) is 4.68 Å². The molecule has 0 saturated carbocycles. The fourth-order valence-corrected chi connectivity index (χ4v) is 2.68. The average Bonchev–Trinajstić information content (AvgIpc) is 2.39. The highest BCUT2D eigenvalue weighted by Gasteiger charge is 2.22. The van der Waals surface area contributed by atoms with Crippen LogP contribution in [-0.4, -0.2) is 65.9 Å². The average molecular weight is 330 g/mol. The predicted molar refractivity (Wildman–Crippen MR) is 79.6 cm³/mol. The Morgan fingerprint density at radius 2 is 2.16 bits per heavy atom. The number of hydrogen-bond acceptors (Lipinski definition) is 5. The summed E-state index contributed by atoms with van der Waals surface area (Å²) < 4.78 is 1.85. The van der Waals surface area contributed by atoms with Crippen LogP contribution in [0.15, 0.2) is 15.5 Å². The molecule has 1 N–H and O–H groups in total. The van der Waals surface area contributed by atoms with E-state index in [1.54, 1.807) is 13.2 Å².